The van der Waals surface area contributed by atoms with Crippen molar-refractivity contribution in [2.75, 3.05) is 12.0 Å². The molecular weight excluding hydrogens is 482 g/mol. The number of benzene rings is 3. The Morgan fingerprint density at radius 1 is 0.865 bits per heavy atom. The highest BCUT2D eigenvalue weighted by Gasteiger charge is 2.56. The molecule has 3 aromatic carbocycles. The van der Waals surface area contributed by atoms with Crippen LogP contribution in [0.1, 0.15) is 43.2 Å². The summed E-state index contributed by atoms with van der Waals surface area (Å²) in [4.78, 5) is 22.6. The van der Waals surface area contributed by atoms with E-state index >= 15 is 0 Å². The van der Waals surface area contributed by atoms with Gasteiger partial charge in [-0.15, -0.1) is 0 Å². The second kappa shape index (κ2) is 10.3. The largest absolute Gasteiger partial charge is 0.497 e. The number of amidine groups is 1. The number of hydrogen-bond acceptors (Lipinski definition) is 5. The molecule has 5 rings (SSSR count). The fourth-order valence-corrected chi connectivity index (χ4v) is 5.84. The van der Waals surface area contributed by atoms with Crippen LogP contribution in [0.3, 0.4) is 0 Å². The van der Waals surface area contributed by atoms with Crippen LogP contribution in [0.4, 0.5) is 16.2 Å². The highest BCUT2D eigenvalue weighted by molar-refractivity contribution is 7.80. The zero-order chi connectivity index (χ0) is 26.0. The molecule has 6 nitrogen and oxygen atoms in total. The van der Waals surface area contributed by atoms with Crippen molar-refractivity contribution in [3.05, 3.63) is 83.9 Å². The van der Waals surface area contributed by atoms with Gasteiger partial charge in [0.25, 0.3) is 0 Å². The molecule has 1 aliphatic heterocycles. The molecule has 0 N–H and O–H groups in total. The predicted molar refractivity (Wildman–Crippen MR) is 151 cm³/mol. The summed E-state index contributed by atoms with van der Waals surface area (Å²) in [5, 5.41) is 0.373. The van der Waals surface area contributed by atoms with Crippen molar-refractivity contribution in [3.63, 3.8) is 0 Å². The molecule has 37 heavy (non-hydrogen) atoms. The molecule has 2 fully saturated rings. The van der Waals surface area contributed by atoms with E-state index in [2.05, 4.69) is 4.90 Å². The maximum absolute atomic E-state index is 13.8. The van der Waals surface area contributed by atoms with Crippen molar-refractivity contribution in [1.29, 1.82) is 0 Å². The topological polar surface area (TPSA) is 54.4 Å². The quantitative estimate of drug-likeness (QED) is 0.341. The molecule has 2 aliphatic rings. The van der Waals surface area contributed by atoms with Crippen molar-refractivity contribution in [2.45, 2.75) is 51.5 Å². The van der Waals surface area contributed by atoms with E-state index < -0.39 is 11.6 Å². The summed E-state index contributed by atoms with van der Waals surface area (Å²) in [5.41, 5.74) is 3.29. The minimum absolute atomic E-state index is 0.373. The Kier molecular flexibility index (Phi) is 6.98. The van der Waals surface area contributed by atoms with Crippen LogP contribution in [-0.2, 0) is 0 Å². The molecule has 3 aromatic rings. The van der Waals surface area contributed by atoms with E-state index in [-0.39, 0.29) is 0 Å². The second-order valence-corrected chi connectivity index (χ2v) is 9.97. The summed E-state index contributed by atoms with van der Waals surface area (Å²) in [7, 11) is 1.65. The van der Waals surface area contributed by atoms with E-state index in [9.17, 15) is 4.79 Å². The molecule has 0 unspecified atom stereocenters. The van der Waals surface area contributed by atoms with E-state index in [1.807, 2.05) is 74.5 Å². The molecule has 1 saturated heterocycles. The molecule has 0 radical (unpaired) electrons. The third kappa shape index (κ3) is 4.60. The minimum atomic E-state index is -0.561. The predicted octanol–water partition coefficient (Wildman–Crippen LogP) is 7.35. The van der Waals surface area contributed by atoms with Gasteiger partial charge in [0, 0.05) is 5.69 Å². The second-order valence-electron chi connectivity index (χ2n) is 9.60. The van der Waals surface area contributed by atoms with Gasteiger partial charge in [-0.1, -0.05) is 55.7 Å². The number of rotatable bonds is 4. The molecule has 1 heterocycles. The number of ether oxygens (including phenoxy) is 2. The van der Waals surface area contributed by atoms with Gasteiger partial charge in [0.15, 0.2) is 5.11 Å². The Morgan fingerprint density at radius 2 is 1.51 bits per heavy atom. The lowest BCUT2D eigenvalue weighted by molar-refractivity contribution is 0.190. The fraction of sp³-hybridized carbons (Fsp3) is 0.300. The minimum Gasteiger partial charge on any atom is -0.497 e. The van der Waals surface area contributed by atoms with Gasteiger partial charge in [0.2, 0.25) is 0 Å². The number of amides is 1. The maximum Gasteiger partial charge on any atom is 0.427 e. The zero-order valence-corrected chi connectivity index (χ0v) is 22.3. The van der Waals surface area contributed by atoms with Gasteiger partial charge >= 0.3 is 6.09 Å². The van der Waals surface area contributed by atoms with Crippen LogP contribution in [0.2, 0.25) is 0 Å². The van der Waals surface area contributed by atoms with Crippen molar-refractivity contribution in [2.24, 2.45) is 4.99 Å². The fourth-order valence-electron chi connectivity index (χ4n) is 5.40. The Morgan fingerprint density at radius 3 is 2.14 bits per heavy atom. The molecule has 1 amide bonds. The van der Waals surface area contributed by atoms with Crippen LogP contribution < -0.4 is 14.4 Å². The van der Waals surface area contributed by atoms with Gasteiger partial charge in [-0.2, -0.15) is 0 Å². The Hall–Kier alpha value is -3.71. The number of thiocarbonyl (C=S) groups is 1. The number of carbonyl (C=O) groups excluding carboxylic acids is 1. The van der Waals surface area contributed by atoms with Crippen molar-refractivity contribution < 1.29 is 14.3 Å². The first-order valence-electron chi connectivity index (χ1n) is 12.7. The molecule has 1 spiro atoms. The summed E-state index contributed by atoms with van der Waals surface area (Å²) in [6, 6.07) is 23.0. The average Bonchev–Trinajstić information content (AvgIpc) is 3.13. The molecular formula is C30H31N3O3S. The van der Waals surface area contributed by atoms with E-state index in [0.717, 1.165) is 60.4 Å². The highest BCUT2D eigenvalue weighted by atomic mass is 32.1. The van der Waals surface area contributed by atoms with E-state index in [1.165, 1.54) is 4.90 Å². The number of hydrogen-bond donors (Lipinski definition) is 0. The van der Waals surface area contributed by atoms with Crippen LogP contribution in [0.15, 0.2) is 77.8 Å². The van der Waals surface area contributed by atoms with Gasteiger partial charge < -0.3 is 14.4 Å². The SMILES string of the molecule is COc1ccc(N2C(=S)N(C(=O)Oc3ccccc3)C(=Nc3c(C)cccc3C)C23CCCCC3)cc1. The third-order valence-electron chi connectivity index (χ3n) is 7.24. The first kappa shape index (κ1) is 25.0. The number of aliphatic imine (C=N–C) groups is 1. The van der Waals surface area contributed by atoms with Crippen LogP contribution in [0, 0.1) is 13.8 Å². The van der Waals surface area contributed by atoms with Gasteiger partial charge in [0.05, 0.1) is 12.8 Å². The summed E-state index contributed by atoms with van der Waals surface area (Å²) >= 11 is 6.05. The van der Waals surface area contributed by atoms with Crippen molar-refractivity contribution in [3.8, 4) is 11.5 Å². The summed E-state index contributed by atoms with van der Waals surface area (Å²) in [5.74, 6) is 1.85. The van der Waals surface area contributed by atoms with E-state index in [1.54, 1.807) is 19.2 Å². The Labute approximate surface area is 223 Å². The molecule has 0 aromatic heterocycles. The van der Waals surface area contributed by atoms with E-state index in [4.69, 9.17) is 26.7 Å². The number of methoxy groups -OCH3 is 1. The normalized spacial score (nSPS) is 17.9. The Balaban J connectivity index is 1.69. The van der Waals surface area contributed by atoms with Gasteiger partial charge in [0.1, 0.15) is 22.9 Å². The average molecular weight is 514 g/mol. The molecule has 1 aliphatic carbocycles. The number of carbonyl (C=O) groups is 1. The standard InChI is InChI=1S/C30H31N3O3S/c1-21-11-10-12-22(2)26(21)31-27-30(19-8-5-9-20-30)33(23-15-17-24(35-3)18-16-23)28(37)32(27)29(34)36-25-13-6-4-7-14-25/h4,6-7,10-18H,5,8-9,19-20H2,1-3H3. The van der Waals surface area contributed by atoms with Crippen molar-refractivity contribution >= 4 is 40.6 Å². The van der Waals surface area contributed by atoms with Gasteiger partial charge in [-0.25, -0.2) is 14.7 Å². The lowest BCUT2D eigenvalue weighted by Crippen LogP contribution is -2.51. The monoisotopic (exact) mass is 513 g/mol. The lowest BCUT2D eigenvalue weighted by atomic mass is 9.79. The van der Waals surface area contributed by atoms with Crippen LogP contribution in [0.25, 0.3) is 0 Å². The molecule has 190 valence electrons. The molecule has 7 heteroatoms. The lowest BCUT2D eigenvalue weighted by Gasteiger charge is -2.40. The first-order valence-corrected chi connectivity index (χ1v) is 13.1. The number of aryl methyl sites for hydroxylation is 2. The van der Waals surface area contributed by atoms with Crippen LogP contribution in [-0.4, -0.2) is 34.6 Å². The third-order valence-corrected chi connectivity index (χ3v) is 7.60. The van der Waals surface area contributed by atoms with Crippen LogP contribution >= 0.6 is 12.2 Å². The highest BCUT2D eigenvalue weighted by Crippen LogP contribution is 2.45. The Bertz CT molecular complexity index is 1310. The number of anilines is 1. The van der Waals surface area contributed by atoms with Gasteiger partial charge in [-0.3, -0.25) is 0 Å². The molecule has 1 saturated carbocycles. The number of para-hydroxylation sites is 2. The zero-order valence-electron chi connectivity index (χ0n) is 21.4. The van der Waals surface area contributed by atoms with Crippen molar-refractivity contribution in [1.82, 2.24) is 4.90 Å². The van der Waals surface area contributed by atoms with Crippen LogP contribution in [0.5, 0.6) is 11.5 Å². The summed E-state index contributed by atoms with van der Waals surface area (Å²) in [6.45, 7) is 4.09. The van der Waals surface area contributed by atoms with Gasteiger partial charge in [-0.05, 0) is 86.4 Å². The molecule has 0 atom stereocenters. The maximum atomic E-state index is 13.8. The first-order chi connectivity index (χ1) is 17.9. The molecule has 0 bridgehead atoms. The summed E-state index contributed by atoms with van der Waals surface area (Å²) in [6.07, 6.45) is 4.28. The number of nitrogens with zero attached hydrogens (tertiary/aromatic N) is 3. The smallest absolute Gasteiger partial charge is 0.427 e. The van der Waals surface area contributed by atoms with E-state index in [0.29, 0.717) is 16.7 Å². The summed E-state index contributed by atoms with van der Waals surface area (Å²) < 4.78 is 11.2.